The van der Waals surface area contributed by atoms with E-state index in [9.17, 15) is 4.79 Å². The molecule has 0 aliphatic rings. The van der Waals surface area contributed by atoms with E-state index >= 15 is 0 Å². The number of amides is 1. The number of hydrogen-bond acceptors (Lipinski definition) is 5. The topological polar surface area (TPSA) is 77.2 Å². The van der Waals surface area contributed by atoms with Crippen molar-refractivity contribution < 1.29 is 14.1 Å². The lowest BCUT2D eigenvalue weighted by Crippen LogP contribution is -2.12. The van der Waals surface area contributed by atoms with Crippen LogP contribution in [-0.2, 0) is 17.8 Å². The number of nitrogens with zero attached hydrogens (tertiary/aromatic N) is 2. The molecule has 1 N–H and O–H groups in total. The molecule has 0 spiro atoms. The molecule has 6 heteroatoms. The average Bonchev–Trinajstić information content (AvgIpc) is 3.11. The first-order valence-electron chi connectivity index (χ1n) is 9.40. The zero-order valence-electron chi connectivity index (χ0n) is 16.4. The van der Waals surface area contributed by atoms with E-state index in [1.807, 2.05) is 12.1 Å². The molecule has 3 aromatic rings. The van der Waals surface area contributed by atoms with E-state index in [2.05, 4.69) is 53.6 Å². The second-order valence-electron chi connectivity index (χ2n) is 6.99. The van der Waals surface area contributed by atoms with Crippen LogP contribution in [0.3, 0.4) is 0 Å². The van der Waals surface area contributed by atoms with Gasteiger partial charge in [-0.15, -0.1) is 0 Å². The minimum atomic E-state index is -0.0103. The number of aryl methyl sites for hydroxylation is 2. The Bertz CT molecular complexity index is 900. The van der Waals surface area contributed by atoms with Crippen LogP contribution >= 0.6 is 0 Å². The lowest BCUT2D eigenvalue weighted by molar-refractivity contribution is -0.116. The van der Waals surface area contributed by atoms with Crippen molar-refractivity contribution in [3.63, 3.8) is 0 Å². The van der Waals surface area contributed by atoms with Crippen LogP contribution in [0.15, 0.2) is 53.1 Å². The van der Waals surface area contributed by atoms with Crippen molar-refractivity contribution in [2.24, 2.45) is 0 Å². The summed E-state index contributed by atoms with van der Waals surface area (Å²) < 4.78 is 10.5. The third-order valence-electron chi connectivity index (χ3n) is 4.36. The number of nitrogens with one attached hydrogen (secondary N) is 1. The first-order valence-corrected chi connectivity index (χ1v) is 9.40. The van der Waals surface area contributed by atoms with Gasteiger partial charge in [-0.05, 0) is 47.7 Å². The van der Waals surface area contributed by atoms with Crippen molar-refractivity contribution in [2.75, 3.05) is 5.32 Å². The van der Waals surface area contributed by atoms with Crippen LogP contribution < -0.4 is 10.1 Å². The van der Waals surface area contributed by atoms with Crippen molar-refractivity contribution >= 4 is 11.6 Å². The minimum Gasteiger partial charge on any atom is -0.485 e. The molecule has 0 bridgehead atoms. The smallest absolute Gasteiger partial charge is 0.224 e. The number of carbonyl (C=O) groups is 1. The Morgan fingerprint density at radius 2 is 1.82 bits per heavy atom. The number of aromatic nitrogens is 2. The predicted molar refractivity (Wildman–Crippen MR) is 107 cm³/mol. The standard InChI is InChI=1S/C22H25N3O3/c1-15(2)18-7-4-17(5-8-18)6-13-22(26)24-19-9-11-20(12-10-19)27-14-21-23-16(3)28-25-21/h4-5,7-12,15H,6,13-14H2,1-3H3,(H,24,26). The molecule has 3 rings (SSSR count). The van der Waals surface area contributed by atoms with Gasteiger partial charge in [-0.1, -0.05) is 43.3 Å². The van der Waals surface area contributed by atoms with Gasteiger partial charge in [0.15, 0.2) is 6.61 Å². The van der Waals surface area contributed by atoms with Crippen LogP contribution in [0, 0.1) is 6.92 Å². The van der Waals surface area contributed by atoms with E-state index in [1.165, 1.54) is 11.1 Å². The fourth-order valence-electron chi connectivity index (χ4n) is 2.73. The monoisotopic (exact) mass is 379 g/mol. The van der Waals surface area contributed by atoms with E-state index in [1.54, 1.807) is 19.1 Å². The normalized spacial score (nSPS) is 10.9. The molecule has 1 amide bonds. The van der Waals surface area contributed by atoms with Gasteiger partial charge >= 0.3 is 0 Å². The van der Waals surface area contributed by atoms with E-state index in [0.29, 0.717) is 29.8 Å². The van der Waals surface area contributed by atoms with Gasteiger partial charge in [0, 0.05) is 19.0 Å². The molecule has 0 radical (unpaired) electrons. The van der Waals surface area contributed by atoms with E-state index in [-0.39, 0.29) is 12.5 Å². The van der Waals surface area contributed by atoms with Crippen LogP contribution in [-0.4, -0.2) is 16.0 Å². The molecule has 1 heterocycles. The Hall–Kier alpha value is -3.15. The second kappa shape index (κ2) is 9.17. The summed E-state index contributed by atoms with van der Waals surface area (Å²) >= 11 is 0. The van der Waals surface area contributed by atoms with Crippen molar-refractivity contribution in [1.29, 1.82) is 0 Å². The minimum absolute atomic E-state index is 0.0103. The molecule has 0 aliphatic heterocycles. The molecule has 0 atom stereocenters. The van der Waals surface area contributed by atoms with Crippen LogP contribution in [0.5, 0.6) is 5.75 Å². The van der Waals surface area contributed by atoms with Gasteiger partial charge in [0.2, 0.25) is 17.6 Å². The maximum absolute atomic E-state index is 12.2. The zero-order valence-corrected chi connectivity index (χ0v) is 16.4. The van der Waals surface area contributed by atoms with Gasteiger partial charge in [0.1, 0.15) is 5.75 Å². The molecule has 0 saturated carbocycles. The third-order valence-corrected chi connectivity index (χ3v) is 4.36. The van der Waals surface area contributed by atoms with E-state index in [4.69, 9.17) is 9.26 Å². The van der Waals surface area contributed by atoms with Gasteiger partial charge in [-0.2, -0.15) is 4.98 Å². The Kier molecular flexibility index (Phi) is 6.42. The highest BCUT2D eigenvalue weighted by molar-refractivity contribution is 5.90. The first-order chi connectivity index (χ1) is 13.5. The summed E-state index contributed by atoms with van der Waals surface area (Å²) in [5.41, 5.74) is 3.22. The highest BCUT2D eigenvalue weighted by atomic mass is 16.5. The lowest BCUT2D eigenvalue weighted by atomic mass is 10.0. The number of benzene rings is 2. The average molecular weight is 379 g/mol. The molecule has 6 nitrogen and oxygen atoms in total. The summed E-state index contributed by atoms with van der Waals surface area (Å²) in [6, 6.07) is 15.7. The summed E-state index contributed by atoms with van der Waals surface area (Å²) in [6.07, 6.45) is 1.16. The molecule has 0 saturated heterocycles. The van der Waals surface area contributed by atoms with Crippen molar-refractivity contribution in [3.05, 3.63) is 71.4 Å². The fraction of sp³-hybridized carbons (Fsp3) is 0.318. The second-order valence-corrected chi connectivity index (χ2v) is 6.99. The summed E-state index contributed by atoms with van der Waals surface area (Å²) in [6.45, 7) is 6.31. The van der Waals surface area contributed by atoms with Gasteiger partial charge in [0.25, 0.3) is 0 Å². The molecule has 1 aromatic heterocycles. The van der Waals surface area contributed by atoms with Gasteiger partial charge in [-0.25, -0.2) is 0 Å². The van der Waals surface area contributed by atoms with Crippen molar-refractivity contribution in [2.45, 2.75) is 46.1 Å². The lowest BCUT2D eigenvalue weighted by Gasteiger charge is -2.08. The molecule has 0 fully saturated rings. The molecule has 146 valence electrons. The van der Waals surface area contributed by atoms with Gasteiger partial charge in [0.05, 0.1) is 0 Å². The number of rotatable bonds is 8. The molecule has 2 aromatic carbocycles. The number of ether oxygens (including phenoxy) is 1. The number of anilines is 1. The fourth-order valence-corrected chi connectivity index (χ4v) is 2.73. The Labute approximate surface area is 164 Å². The number of carbonyl (C=O) groups excluding carboxylic acids is 1. The summed E-state index contributed by atoms with van der Waals surface area (Å²) in [5, 5.41) is 6.69. The van der Waals surface area contributed by atoms with Gasteiger partial charge < -0.3 is 14.6 Å². The van der Waals surface area contributed by atoms with Gasteiger partial charge in [-0.3, -0.25) is 4.79 Å². The van der Waals surface area contributed by atoms with Crippen LogP contribution in [0.2, 0.25) is 0 Å². The Morgan fingerprint density at radius 3 is 2.43 bits per heavy atom. The molecule has 0 unspecified atom stereocenters. The largest absolute Gasteiger partial charge is 0.485 e. The number of hydrogen-bond donors (Lipinski definition) is 1. The maximum Gasteiger partial charge on any atom is 0.224 e. The van der Waals surface area contributed by atoms with E-state index < -0.39 is 0 Å². The predicted octanol–water partition coefficient (Wildman–Crippen LogP) is 4.65. The summed E-state index contributed by atoms with van der Waals surface area (Å²) in [5.74, 6) is 2.18. The van der Waals surface area contributed by atoms with E-state index in [0.717, 1.165) is 12.1 Å². The molecular weight excluding hydrogens is 354 g/mol. The quantitative estimate of drug-likeness (QED) is 0.616. The first kappa shape index (κ1) is 19.6. The maximum atomic E-state index is 12.2. The van der Waals surface area contributed by atoms with Crippen LogP contribution in [0.1, 0.15) is 49.0 Å². The molecular formula is C22H25N3O3. The summed E-state index contributed by atoms with van der Waals surface area (Å²) in [4.78, 5) is 16.3. The van der Waals surface area contributed by atoms with Crippen molar-refractivity contribution in [1.82, 2.24) is 10.1 Å². The SMILES string of the molecule is Cc1nc(COc2ccc(NC(=O)CCc3ccc(C(C)C)cc3)cc2)no1. The highest BCUT2D eigenvalue weighted by Gasteiger charge is 2.06. The summed E-state index contributed by atoms with van der Waals surface area (Å²) in [7, 11) is 0. The Morgan fingerprint density at radius 1 is 1.11 bits per heavy atom. The molecule has 0 aliphatic carbocycles. The highest BCUT2D eigenvalue weighted by Crippen LogP contribution is 2.18. The Balaban J connectivity index is 1.44. The zero-order chi connectivity index (χ0) is 19.9. The third kappa shape index (κ3) is 5.67. The van der Waals surface area contributed by atoms with Crippen LogP contribution in [0.4, 0.5) is 5.69 Å². The van der Waals surface area contributed by atoms with Crippen molar-refractivity contribution in [3.8, 4) is 5.75 Å². The molecule has 28 heavy (non-hydrogen) atoms. The van der Waals surface area contributed by atoms with Crippen LogP contribution in [0.25, 0.3) is 0 Å².